The SMILES string of the molecule is O=C(Nc1ccc(C(F)(F)C(F)(F)F)c(OC[C@@H]2CCCN2)c1)c1cccnc1NCc1ccnc2[nH]ccc12. The molecule has 0 spiro atoms. The van der Waals surface area contributed by atoms with Crippen molar-refractivity contribution in [3.05, 3.63) is 77.7 Å². The van der Waals surface area contributed by atoms with Crippen LogP contribution in [0.25, 0.3) is 11.0 Å². The van der Waals surface area contributed by atoms with E-state index in [4.69, 9.17) is 4.74 Å². The number of fused-ring (bicyclic) bond motifs is 1. The third-order valence-corrected chi connectivity index (χ3v) is 6.59. The lowest BCUT2D eigenvalue weighted by Crippen LogP contribution is -2.35. The van der Waals surface area contributed by atoms with Gasteiger partial charge < -0.3 is 25.7 Å². The van der Waals surface area contributed by atoms with Gasteiger partial charge >= 0.3 is 12.1 Å². The molecule has 1 aliphatic rings. The van der Waals surface area contributed by atoms with Crippen LogP contribution in [0.1, 0.15) is 34.3 Å². The number of anilines is 2. The van der Waals surface area contributed by atoms with E-state index in [1.165, 1.54) is 12.3 Å². The van der Waals surface area contributed by atoms with E-state index < -0.39 is 29.3 Å². The summed E-state index contributed by atoms with van der Waals surface area (Å²) < 4.78 is 73.6. The predicted molar refractivity (Wildman–Crippen MR) is 139 cm³/mol. The number of nitrogens with one attached hydrogen (secondary N) is 4. The minimum atomic E-state index is -5.82. The van der Waals surface area contributed by atoms with Crippen LogP contribution in [0, 0.1) is 0 Å². The van der Waals surface area contributed by atoms with Gasteiger partial charge in [-0.05, 0) is 61.3 Å². The summed E-state index contributed by atoms with van der Waals surface area (Å²) in [7, 11) is 0. The quantitative estimate of drug-likeness (QED) is 0.199. The molecule has 0 unspecified atom stereocenters. The molecule has 5 rings (SSSR count). The summed E-state index contributed by atoms with van der Waals surface area (Å²) in [5, 5.41) is 9.66. The van der Waals surface area contributed by atoms with Crippen LogP contribution in [-0.4, -0.2) is 46.2 Å². The molecular weight excluding hydrogens is 535 g/mol. The molecule has 8 nitrogen and oxygen atoms in total. The number of benzene rings is 1. The fourth-order valence-electron chi connectivity index (χ4n) is 4.50. The van der Waals surface area contributed by atoms with Gasteiger partial charge in [0.15, 0.2) is 0 Å². The van der Waals surface area contributed by atoms with Gasteiger partial charge in [-0.2, -0.15) is 22.0 Å². The molecule has 0 aliphatic carbocycles. The van der Waals surface area contributed by atoms with Crippen LogP contribution in [-0.2, 0) is 12.5 Å². The van der Waals surface area contributed by atoms with Crippen molar-refractivity contribution >= 4 is 28.4 Å². The van der Waals surface area contributed by atoms with Gasteiger partial charge in [0, 0.05) is 48.3 Å². The van der Waals surface area contributed by atoms with Crippen LogP contribution >= 0.6 is 0 Å². The molecule has 0 saturated carbocycles. The average Bonchev–Trinajstić information content (AvgIpc) is 3.63. The zero-order chi connectivity index (χ0) is 28.3. The van der Waals surface area contributed by atoms with E-state index in [2.05, 4.69) is 30.9 Å². The monoisotopic (exact) mass is 560 g/mol. The average molecular weight is 561 g/mol. The first-order chi connectivity index (χ1) is 19.1. The van der Waals surface area contributed by atoms with E-state index in [0.717, 1.165) is 29.5 Å². The highest BCUT2D eigenvalue weighted by Crippen LogP contribution is 2.47. The number of pyridine rings is 2. The van der Waals surface area contributed by atoms with Crippen molar-refractivity contribution in [1.29, 1.82) is 0 Å². The summed E-state index contributed by atoms with van der Waals surface area (Å²) in [5.74, 6) is -6.20. The lowest BCUT2D eigenvalue weighted by Gasteiger charge is -2.24. The Morgan fingerprint density at radius 2 is 1.93 bits per heavy atom. The largest absolute Gasteiger partial charge is 0.491 e. The first kappa shape index (κ1) is 27.3. The van der Waals surface area contributed by atoms with Crippen LogP contribution in [0.5, 0.6) is 5.75 Å². The Labute approximate surface area is 225 Å². The van der Waals surface area contributed by atoms with E-state index in [-0.39, 0.29) is 29.7 Å². The number of hydrogen-bond donors (Lipinski definition) is 4. The van der Waals surface area contributed by atoms with Gasteiger partial charge in [-0.3, -0.25) is 4.79 Å². The third kappa shape index (κ3) is 5.69. The van der Waals surface area contributed by atoms with Gasteiger partial charge in [-0.1, -0.05) is 0 Å². The third-order valence-electron chi connectivity index (χ3n) is 6.59. The van der Waals surface area contributed by atoms with Gasteiger partial charge in [0.05, 0.1) is 11.1 Å². The number of carbonyl (C=O) groups excluding carboxylic acids is 1. The fourth-order valence-corrected chi connectivity index (χ4v) is 4.50. The molecule has 13 heteroatoms. The number of halogens is 5. The molecule has 0 bridgehead atoms. The summed E-state index contributed by atoms with van der Waals surface area (Å²) in [6.07, 6.45) is 0.629. The number of amides is 1. The van der Waals surface area contributed by atoms with Gasteiger partial charge in [0.1, 0.15) is 23.8 Å². The van der Waals surface area contributed by atoms with Crippen molar-refractivity contribution in [1.82, 2.24) is 20.3 Å². The molecule has 1 saturated heterocycles. The Balaban J connectivity index is 1.36. The number of alkyl halides is 5. The van der Waals surface area contributed by atoms with Crippen molar-refractivity contribution in [2.75, 3.05) is 23.8 Å². The number of aromatic nitrogens is 3. The zero-order valence-electron chi connectivity index (χ0n) is 21.0. The molecule has 3 aromatic heterocycles. The lowest BCUT2D eigenvalue weighted by molar-refractivity contribution is -0.289. The first-order valence-electron chi connectivity index (χ1n) is 12.5. The maximum Gasteiger partial charge on any atom is 0.458 e. The number of rotatable bonds is 9. The van der Waals surface area contributed by atoms with E-state index in [1.54, 1.807) is 18.5 Å². The normalized spacial score (nSPS) is 15.8. The van der Waals surface area contributed by atoms with Crippen molar-refractivity contribution in [2.45, 2.75) is 37.5 Å². The van der Waals surface area contributed by atoms with E-state index in [9.17, 15) is 26.7 Å². The van der Waals surface area contributed by atoms with Gasteiger partial charge in [-0.25, -0.2) is 9.97 Å². The second kappa shape index (κ2) is 11.1. The highest BCUT2D eigenvalue weighted by atomic mass is 19.4. The van der Waals surface area contributed by atoms with Gasteiger partial charge in [0.25, 0.3) is 5.91 Å². The number of ether oxygens (including phenoxy) is 1. The molecule has 4 heterocycles. The zero-order valence-corrected chi connectivity index (χ0v) is 21.0. The Morgan fingerprint density at radius 3 is 2.70 bits per heavy atom. The van der Waals surface area contributed by atoms with Crippen molar-refractivity contribution in [3.63, 3.8) is 0 Å². The second-order valence-corrected chi connectivity index (χ2v) is 9.30. The molecule has 4 N–H and O–H groups in total. The first-order valence-corrected chi connectivity index (χ1v) is 12.5. The molecular formula is C27H25F5N6O2. The highest BCUT2D eigenvalue weighted by molar-refractivity contribution is 6.07. The minimum absolute atomic E-state index is 0.0147. The summed E-state index contributed by atoms with van der Waals surface area (Å²) >= 11 is 0. The molecule has 1 amide bonds. The molecule has 40 heavy (non-hydrogen) atoms. The lowest BCUT2D eigenvalue weighted by atomic mass is 10.1. The predicted octanol–water partition coefficient (Wildman–Crippen LogP) is 5.61. The summed E-state index contributed by atoms with van der Waals surface area (Å²) in [5.41, 5.74) is 0.416. The van der Waals surface area contributed by atoms with Crippen molar-refractivity contribution in [3.8, 4) is 5.75 Å². The standard InChI is InChI=1S/C27H25F5N6O2/c28-26(29,27(30,31)32)21-6-5-17(13-22(21)40-15-18-3-1-9-33-18)38-25(39)20-4-2-10-34-24(20)37-14-16-7-11-35-23-19(16)8-12-36-23/h2,4-8,10-13,18,33H,1,3,9,14-15H2,(H,34,37)(H,35,36)(H,38,39)/t18-/m0/s1. The van der Waals surface area contributed by atoms with Crippen LogP contribution in [0.4, 0.5) is 33.5 Å². The Hall–Kier alpha value is -4.26. The summed E-state index contributed by atoms with van der Waals surface area (Å²) in [4.78, 5) is 24.7. The number of carbonyl (C=O) groups is 1. The Bertz CT molecular complexity index is 1500. The van der Waals surface area contributed by atoms with Crippen LogP contribution < -0.4 is 20.7 Å². The number of hydrogen-bond acceptors (Lipinski definition) is 6. The molecule has 1 fully saturated rings. The number of nitrogens with zero attached hydrogens (tertiary/aromatic N) is 2. The summed E-state index contributed by atoms with van der Waals surface area (Å²) in [6.45, 7) is 0.926. The van der Waals surface area contributed by atoms with Crippen molar-refractivity contribution < 1.29 is 31.5 Å². The smallest absolute Gasteiger partial charge is 0.458 e. The molecule has 1 aliphatic heterocycles. The molecule has 210 valence electrons. The summed E-state index contributed by atoms with van der Waals surface area (Å²) in [6, 6.07) is 9.16. The topological polar surface area (TPSA) is 104 Å². The maximum atomic E-state index is 14.3. The van der Waals surface area contributed by atoms with Crippen LogP contribution in [0.2, 0.25) is 0 Å². The molecule has 1 aromatic carbocycles. The van der Waals surface area contributed by atoms with Crippen molar-refractivity contribution in [2.24, 2.45) is 0 Å². The minimum Gasteiger partial charge on any atom is -0.491 e. The van der Waals surface area contributed by atoms with E-state index >= 15 is 0 Å². The Morgan fingerprint density at radius 1 is 1.07 bits per heavy atom. The van der Waals surface area contributed by atoms with Gasteiger partial charge in [-0.15, -0.1) is 0 Å². The van der Waals surface area contributed by atoms with E-state index in [0.29, 0.717) is 31.2 Å². The molecule has 0 radical (unpaired) electrons. The number of H-pyrrole nitrogens is 1. The van der Waals surface area contributed by atoms with E-state index in [1.807, 2.05) is 12.1 Å². The maximum absolute atomic E-state index is 14.3. The Kier molecular flexibility index (Phi) is 7.57. The highest BCUT2D eigenvalue weighted by Gasteiger charge is 2.60. The molecule has 4 aromatic rings. The van der Waals surface area contributed by atoms with Crippen LogP contribution in [0.15, 0.2) is 61.1 Å². The second-order valence-electron chi connectivity index (χ2n) is 9.30. The number of aromatic amines is 1. The molecule has 1 atom stereocenters. The fraction of sp³-hybridized carbons (Fsp3) is 0.296. The van der Waals surface area contributed by atoms with Crippen LogP contribution in [0.3, 0.4) is 0 Å². The van der Waals surface area contributed by atoms with Gasteiger partial charge in [0.2, 0.25) is 0 Å².